The van der Waals surface area contributed by atoms with Crippen LogP contribution >= 0.6 is 0 Å². The second kappa shape index (κ2) is 8.53. The minimum atomic E-state index is -0.539. The predicted molar refractivity (Wildman–Crippen MR) is 91.2 cm³/mol. The summed E-state index contributed by atoms with van der Waals surface area (Å²) in [7, 11) is 1.56. The third-order valence-corrected chi connectivity index (χ3v) is 3.76. The number of carbonyl (C=O) groups excluding carboxylic acids is 1. The van der Waals surface area contributed by atoms with Crippen LogP contribution in [-0.2, 0) is 20.7 Å². The van der Waals surface area contributed by atoms with E-state index < -0.39 is 5.63 Å². The van der Waals surface area contributed by atoms with E-state index in [1.54, 1.807) is 21.0 Å². The van der Waals surface area contributed by atoms with Crippen LogP contribution in [-0.4, -0.2) is 38.0 Å². The summed E-state index contributed by atoms with van der Waals surface area (Å²) in [6.45, 7) is 4.44. The van der Waals surface area contributed by atoms with Crippen molar-refractivity contribution in [1.82, 2.24) is 0 Å². The average Bonchev–Trinajstić information content (AvgIpc) is 2.54. The van der Waals surface area contributed by atoms with Crippen LogP contribution in [0.3, 0.4) is 0 Å². The number of hydrogen-bond acceptors (Lipinski definition) is 7. The molecule has 0 fully saturated rings. The lowest BCUT2D eigenvalue weighted by molar-refractivity contribution is -0.143. The van der Waals surface area contributed by atoms with Crippen LogP contribution in [0.25, 0.3) is 11.0 Å². The first-order valence-corrected chi connectivity index (χ1v) is 8.04. The molecule has 0 atom stereocenters. The predicted octanol–water partition coefficient (Wildman–Crippen LogP) is 2.33. The summed E-state index contributed by atoms with van der Waals surface area (Å²) in [5.41, 5.74) is 0.739. The summed E-state index contributed by atoms with van der Waals surface area (Å²) >= 11 is 0. The fourth-order valence-electron chi connectivity index (χ4n) is 2.59. The van der Waals surface area contributed by atoms with Crippen molar-refractivity contribution >= 4 is 16.9 Å². The molecule has 1 heterocycles. The first-order chi connectivity index (χ1) is 12.0. The number of carbonyl (C=O) groups is 1. The Morgan fingerprint density at radius 1 is 1.28 bits per heavy atom. The van der Waals surface area contributed by atoms with Crippen LogP contribution in [0.5, 0.6) is 11.5 Å². The number of fused-ring (bicyclic) bond motifs is 1. The first-order valence-electron chi connectivity index (χ1n) is 8.04. The highest BCUT2D eigenvalue weighted by Crippen LogP contribution is 2.33. The maximum absolute atomic E-state index is 12.2. The number of hydrogen-bond donors (Lipinski definition) is 1. The van der Waals surface area contributed by atoms with Gasteiger partial charge in [-0.2, -0.15) is 0 Å². The Morgan fingerprint density at radius 3 is 2.72 bits per heavy atom. The Labute approximate surface area is 145 Å². The van der Waals surface area contributed by atoms with Gasteiger partial charge in [-0.25, -0.2) is 4.79 Å². The van der Waals surface area contributed by atoms with Gasteiger partial charge in [0.25, 0.3) is 0 Å². The second-order valence-electron chi connectivity index (χ2n) is 5.46. The van der Waals surface area contributed by atoms with Crippen LogP contribution < -0.4 is 10.4 Å². The standard InChI is InChI=1S/C18H22O7/c1-4-23-16(20)6-5-13-11(2)17-14(24-8-7-22-3)9-12(19)10-15(17)25-18(13)21/h9-10,19H,4-8H2,1-3H3. The van der Waals surface area contributed by atoms with E-state index in [2.05, 4.69) is 0 Å². The highest BCUT2D eigenvalue weighted by molar-refractivity contribution is 5.89. The summed E-state index contributed by atoms with van der Waals surface area (Å²) in [5, 5.41) is 10.4. The van der Waals surface area contributed by atoms with Gasteiger partial charge in [0, 0.05) is 31.2 Å². The summed E-state index contributed by atoms with van der Waals surface area (Å²) in [5.74, 6) is -0.0453. The Hall–Kier alpha value is -2.54. The molecular weight excluding hydrogens is 328 g/mol. The van der Waals surface area contributed by atoms with Gasteiger partial charge < -0.3 is 23.7 Å². The molecular formula is C18H22O7. The molecule has 0 bridgehead atoms. The fraction of sp³-hybridized carbons (Fsp3) is 0.444. The molecule has 2 rings (SSSR count). The van der Waals surface area contributed by atoms with Crippen molar-refractivity contribution in [2.75, 3.05) is 26.9 Å². The summed E-state index contributed by atoms with van der Waals surface area (Å²) in [6, 6.07) is 2.82. The topological polar surface area (TPSA) is 95.2 Å². The normalized spacial score (nSPS) is 10.8. The van der Waals surface area contributed by atoms with Crippen molar-refractivity contribution in [2.24, 2.45) is 0 Å². The SMILES string of the molecule is CCOC(=O)CCc1c(C)c2c(OCCOC)cc(O)cc2oc1=O. The molecule has 1 N–H and O–H groups in total. The lowest BCUT2D eigenvalue weighted by Crippen LogP contribution is -2.14. The first kappa shape index (κ1) is 18.8. The molecule has 0 aliphatic heterocycles. The van der Waals surface area contributed by atoms with Crippen molar-refractivity contribution in [3.8, 4) is 11.5 Å². The van der Waals surface area contributed by atoms with E-state index in [0.717, 1.165) is 0 Å². The molecule has 0 amide bonds. The summed E-state index contributed by atoms with van der Waals surface area (Å²) < 4.78 is 20.8. The minimum Gasteiger partial charge on any atom is -0.508 e. The van der Waals surface area contributed by atoms with E-state index in [1.807, 2.05) is 0 Å². The highest BCUT2D eigenvalue weighted by Gasteiger charge is 2.17. The number of methoxy groups -OCH3 is 1. The van der Waals surface area contributed by atoms with Gasteiger partial charge in [0.15, 0.2) is 0 Å². The largest absolute Gasteiger partial charge is 0.508 e. The van der Waals surface area contributed by atoms with Gasteiger partial charge in [-0.05, 0) is 25.8 Å². The maximum atomic E-state index is 12.2. The molecule has 0 saturated carbocycles. The molecule has 0 aliphatic rings. The monoisotopic (exact) mass is 350 g/mol. The zero-order valence-corrected chi connectivity index (χ0v) is 14.6. The van der Waals surface area contributed by atoms with Crippen molar-refractivity contribution in [3.05, 3.63) is 33.7 Å². The minimum absolute atomic E-state index is 0.0678. The Kier molecular flexibility index (Phi) is 6.41. The quantitative estimate of drug-likeness (QED) is 0.443. The number of rotatable bonds is 8. The zero-order valence-electron chi connectivity index (χ0n) is 14.6. The van der Waals surface area contributed by atoms with Crippen LogP contribution in [0, 0.1) is 6.92 Å². The van der Waals surface area contributed by atoms with Crippen LogP contribution in [0.15, 0.2) is 21.3 Å². The van der Waals surface area contributed by atoms with E-state index in [9.17, 15) is 14.7 Å². The maximum Gasteiger partial charge on any atom is 0.339 e. The molecule has 0 radical (unpaired) electrons. The third-order valence-electron chi connectivity index (χ3n) is 3.76. The van der Waals surface area contributed by atoms with Gasteiger partial charge >= 0.3 is 11.6 Å². The van der Waals surface area contributed by atoms with Crippen molar-refractivity contribution in [1.29, 1.82) is 0 Å². The van der Waals surface area contributed by atoms with Crippen molar-refractivity contribution in [2.45, 2.75) is 26.7 Å². The van der Waals surface area contributed by atoms with Gasteiger partial charge in [0.2, 0.25) is 0 Å². The number of phenols is 1. The number of aryl methyl sites for hydroxylation is 1. The van der Waals surface area contributed by atoms with E-state index in [-0.39, 0.29) is 36.8 Å². The molecule has 1 aromatic heterocycles. The van der Waals surface area contributed by atoms with Gasteiger partial charge in [0.1, 0.15) is 23.7 Å². The molecule has 25 heavy (non-hydrogen) atoms. The van der Waals surface area contributed by atoms with Gasteiger partial charge in [-0.1, -0.05) is 0 Å². The molecule has 0 aliphatic carbocycles. The number of phenolic OH excluding ortho intramolecular Hbond substituents is 1. The van der Waals surface area contributed by atoms with E-state index >= 15 is 0 Å². The average molecular weight is 350 g/mol. The van der Waals surface area contributed by atoms with Crippen LogP contribution in [0.1, 0.15) is 24.5 Å². The Morgan fingerprint density at radius 2 is 2.04 bits per heavy atom. The number of ether oxygens (including phenoxy) is 3. The smallest absolute Gasteiger partial charge is 0.339 e. The van der Waals surface area contributed by atoms with Gasteiger partial charge in [-0.3, -0.25) is 4.79 Å². The van der Waals surface area contributed by atoms with Crippen LogP contribution in [0.2, 0.25) is 0 Å². The molecule has 7 nitrogen and oxygen atoms in total. The Balaban J connectivity index is 2.43. The zero-order chi connectivity index (χ0) is 18.4. The number of aromatic hydroxyl groups is 1. The number of esters is 1. The van der Waals surface area contributed by atoms with Gasteiger partial charge in [0.05, 0.1) is 18.6 Å². The van der Waals surface area contributed by atoms with E-state index in [1.165, 1.54) is 12.1 Å². The van der Waals surface area contributed by atoms with E-state index in [0.29, 0.717) is 35.5 Å². The fourth-order valence-corrected chi connectivity index (χ4v) is 2.59. The lowest BCUT2D eigenvalue weighted by atomic mass is 10.0. The molecule has 7 heteroatoms. The second-order valence-corrected chi connectivity index (χ2v) is 5.46. The molecule has 1 aromatic carbocycles. The van der Waals surface area contributed by atoms with E-state index in [4.69, 9.17) is 18.6 Å². The molecule has 2 aromatic rings. The third kappa shape index (κ3) is 4.51. The Bertz CT molecular complexity index is 807. The molecule has 0 spiro atoms. The van der Waals surface area contributed by atoms with Crippen molar-refractivity contribution in [3.63, 3.8) is 0 Å². The van der Waals surface area contributed by atoms with Crippen LogP contribution in [0.4, 0.5) is 0 Å². The number of benzene rings is 1. The molecule has 0 unspecified atom stereocenters. The van der Waals surface area contributed by atoms with Crippen molar-refractivity contribution < 1.29 is 28.5 Å². The lowest BCUT2D eigenvalue weighted by Gasteiger charge is -2.13. The summed E-state index contributed by atoms with van der Waals surface area (Å²) in [6.07, 6.45) is 0.296. The molecule has 136 valence electrons. The van der Waals surface area contributed by atoms with Gasteiger partial charge in [-0.15, -0.1) is 0 Å². The summed E-state index contributed by atoms with van der Waals surface area (Å²) in [4.78, 5) is 23.8. The highest BCUT2D eigenvalue weighted by atomic mass is 16.5. The molecule has 0 saturated heterocycles.